The molecule has 7 heteroatoms. The van der Waals surface area contributed by atoms with E-state index in [1.165, 1.54) is 4.90 Å². The van der Waals surface area contributed by atoms with Gasteiger partial charge in [-0.15, -0.1) is 0 Å². The second-order valence-corrected chi connectivity index (χ2v) is 9.78. The predicted molar refractivity (Wildman–Crippen MR) is 131 cm³/mol. The maximum absolute atomic E-state index is 13.0. The summed E-state index contributed by atoms with van der Waals surface area (Å²) in [7, 11) is 0. The number of carbonyl (C=O) groups excluding carboxylic acids is 4. The Morgan fingerprint density at radius 1 is 1.00 bits per heavy atom. The molecule has 2 fully saturated rings. The fraction of sp³-hybridized carbons (Fsp3) is 0.357. The van der Waals surface area contributed by atoms with Crippen molar-refractivity contribution in [1.29, 1.82) is 0 Å². The summed E-state index contributed by atoms with van der Waals surface area (Å²) in [6.45, 7) is 6.14. The average Bonchev–Trinajstić information content (AvgIpc) is 3.34. The predicted octanol–water partition coefficient (Wildman–Crippen LogP) is 3.96. The number of rotatable bonds is 4. The van der Waals surface area contributed by atoms with Crippen molar-refractivity contribution in [2.24, 2.45) is 23.7 Å². The molecule has 0 N–H and O–H groups in total. The molecule has 2 aliphatic heterocycles. The monoisotopic (exact) mass is 472 g/mol. The summed E-state index contributed by atoms with van der Waals surface area (Å²) >= 11 is 0. The second-order valence-electron chi connectivity index (χ2n) is 9.78. The van der Waals surface area contributed by atoms with Gasteiger partial charge in [0.25, 0.3) is 0 Å². The highest BCUT2D eigenvalue weighted by molar-refractivity contribution is 6.22. The van der Waals surface area contributed by atoms with Crippen molar-refractivity contribution in [3.05, 3.63) is 65.7 Å². The number of allylic oxidation sites excluding steroid dienone is 2. The number of esters is 1. The van der Waals surface area contributed by atoms with Gasteiger partial charge in [0.1, 0.15) is 5.75 Å². The Labute approximate surface area is 204 Å². The number of amides is 3. The highest BCUT2D eigenvalue weighted by atomic mass is 16.5. The molecule has 1 aliphatic carbocycles. The number of ether oxygens (including phenoxy) is 1. The number of fused-ring (bicyclic) bond motifs is 1. The van der Waals surface area contributed by atoms with Gasteiger partial charge in [0.05, 0.1) is 23.4 Å². The molecule has 0 aromatic heterocycles. The van der Waals surface area contributed by atoms with Crippen molar-refractivity contribution in [3.8, 4) is 5.75 Å². The Balaban J connectivity index is 1.26. The SMILES string of the molecule is Cc1ccc(C)c(N2C[C@H](C(=O)Oc3ccc(N4C(=O)[C@H]5[C@@H](C)C=CC[C@H]5C4=O)cc3)CC2=O)c1. The Morgan fingerprint density at radius 2 is 1.74 bits per heavy atom. The molecule has 2 heterocycles. The van der Waals surface area contributed by atoms with E-state index in [9.17, 15) is 19.2 Å². The first-order valence-corrected chi connectivity index (χ1v) is 12.0. The van der Waals surface area contributed by atoms with Gasteiger partial charge in [0.2, 0.25) is 17.7 Å². The van der Waals surface area contributed by atoms with Crippen molar-refractivity contribution in [1.82, 2.24) is 0 Å². The molecule has 2 saturated heterocycles. The van der Waals surface area contributed by atoms with E-state index in [2.05, 4.69) is 0 Å². The fourth-order valence-electron chi connectivity index (χ4n) is 5.37. The maximum Gasteiger partial charge on any atom is 0.316 e. The summed E-state index contributed by atoms with van der Waals surface area (Å²) < 4.78 is 5.55. The largest absolute Gasteiger partial charge is 0.426 e. The molecule has 180 valence electrons. The molecule has 7 nitrogen and oxygen atoms in total. The lowest BCUT2D eigenvalue weighted by Gasteiger charge is -2.22. The fourth-order valence-corrected chi connectivity index (χ4v) is 5.37. The van der Waals surface area contributed by atoms with E-state index in [0.717, 1.165) is 16.8 Å². The Hall–Kier alpha value is -3.74. The van der Waals surface area contributed by atoms with Gasteiger partial charge in [-0.05, 0) is 67.6 Å². The average molecular weight is 473 g/mol. The number of imide groups is 1. The quantitative estimate of drug-likeness (QED) is 0.291. The van der Waals surface area contributed by atoms with Gasteiger partial charge in [0, 0.05) is 18.7 Å². The lowest BCUT2D eigenvalue weighted by molar-refractivity contribution is -0.139. The smallest absolute Gasteiger partial charge is 0.316 e. The third-order valence-corrected chi connectivity index (χ3v) is 7.30. The molecule has 35 heavy (non-hydrogen) atoms. The van der Waals surface area contributed by atoms with Crippen LogP contribution in [0.3, 0.4) is 0 Å². The molecule has 0 spiro atoms. The molecule has 3 amide bonds. The van der Waals surface area contributed by atoms with E-state index in [1.54, 1.807) is 29.2 Å². The van der Waals surface area contributed by atoms with Gasteiger partial charge >= 0.3 is 5.97 Å². The zero-order valence-electron chi connectivity index (χ0n) is 20.1. The molecular weight excluding hydrogens is 444 g/mol. The Morgan fingerprint density at radius 3 is 2.46 bits per heavy atom. The highest BCUT2D eigenvalue weighted by Crippen LogP contribution is 2.40. The van der Waals surface area contributed by atoms with Crippen LogP contribution in [0.5, 0.6) is 5.75 Å². The molecule has 0 bridgehead atoms. The molecule has 0 saturated carbocycles. The van der Waals surface area contributed by atoms with Crippen molar-refractivity contribution in [2.45, 2.75) is 33.6 Å². The van der Waals surface area contributed by atoms with Crippen LogP contribution < -0.4 is 14.5 Å². The zero-order valence-corrected chi connectivity index (χ0v) is 20.1. The molecule has 2 aromatic rings. The van der Waals surface area contributed by atoms with Gasteiger partial charge < -0.3 is 9.64 Å². The van der Waals surface area contributed by atoms with E-state index in [-0.39, 0.29) is 48.4 Å². The van der Waals surface area contributed by atoms with Gasteiger partial charge in [0.15, 0.2) is 0 Å². The van der Waals surface area contributed by atoms with Crippen LogP contribution in [0.25, 0.3) is 0 Å². The minimum Gasteiger partial charge on any atom is -0.426 e. The van der Waals surface area contributed by atoms with Gasteiger partial charge in [-0.3, -0.25) is 24.1 Å². The number of anilines is 2. The first-order valence-electron chi connectivity index (χ1n) is 12.0. The standard InChI is InChI=1S/C28H28N2O5/c1-16-7-8-17(2)23(13-16)29-15-19(14-24(29)31)28(34)35-21-11-9-20(10-12-21)30-26(32)22-6-4-5-18(3)25(22)27(30)33/h4-5,7-13,18-19,22,25H,6,14-15H2,1-3H3/t18-,19+,22+,25-/m0/s1. The molecular formula is C28H28N2O5. The summed E-state index contributed by atoms with van der Waals surface area (Å²) in [6.07, 6.45) is 4.63. The van der Waals surface area contributed by atoms with Crippen LogP contribution >= 0.6 is 0 Å². The lowest BCUT2D eigenvalue weighted by atomic mass is 9.78. The van der Waals surface area contributed by atoms with Crippen LogP contribution in [0.2, 0.25) is 0 Å². The summed E-state index contributed by atoms with van der Waals surface area (Å²) in [6, 6.07) is 12.3. The van der Waals surface area contributed by atoms with Gasteiger partial charge in [-0.2, -0.15) is 0 Å². The van der Waals surface area contributed by atoms with Crippen molar-refractivity contribution < 1.29 is 23.9 Å². The number of carbonyl (C=O) groups is 4. The second kappa shape index (κ2) is 8.80. The molecule has 5 rings (SSSR count). The molecule has 0 radical (unpaired) electrons. The minimum atomic E-state index is -0.569. The zero-order chi connectivity index (χ0) is 24.9. The normalized spacial score (nSPS) is 25.9. The van der Waals surface area contributed by atoms with Crippen molar-refractivity contribution in [3.63, 3.8) is 0 Å². The van der Waals surface area contributed by atoms with Crippen LogP contribution in [0.4, 0.5) is 11.4 Å². The van der Waals surface area contributed by atoms with Crippen LogP contribution in [-0.4, -0.2) is 30.2 Å². The molecule has 0 unspecified atom stereocenters. The summed E-state index contributed by atoms with van der Waals surface area (Å²) in [5.74, 6) is -1.83. The van der Waals surface area contributed by atoms with Crippen LogP contribution in [0.15, 0.2) is 54.6 Å². The van der Waals surface area contributed by atoms with E-state index in [0.29, 0.717) is 17.9 Å². The number of aryl methyl sites for hydroxylation is 2. The molecule has 4 atom stereocenters. The first kappa shape index (κ1) is 23.0. The van der Waals surface area contributed by atoms with E-state index in [1.807, 2.05) is 51.1 Å². The van der Waals surface area contributed by atoms with Crippen LogP contribution in [-0.2, 0) is 19.2 Å². The summed E-state index contributed by atoms with van der Waals surface area (Å²) in [4.78, 5) is 54.2. The van der Waals surface area contributed by atoms with E-state index >= 15 is 0 Å². The maximum atomic E-state index is 13.0. The number of benzene rings is 2. The topological polar surface area (TPSA) is 84.0 Å². The van der Waals surface area contributed by atoms with E-state index < -0.39 is 11.9 Å². The summed E-state index contributed by atoms with van der Waals surface area (Å²) in [5.41, 5.74) is 3.31. The number of hydrogen-bond acceptors (Lipinski definition) is 5. The highest BCUT2D eigenvalue weighted by Gasteiger charge is 2.50. The van der Waals surface area contributed by atoms with Crippen LogP contribution in [0.1, 0.15) is 30.9 Å². The third kappa shape index (κ3) is 4.05. The van der Waals surface area contributed by atoms with E-state index in [4.69, 9.17) is 4.74 Å². The Kier molecular flexibility index (Phi) is 5.79. The van der Waals surface area contributed by atoms with Gasteiger partial charge in [-0.1, -0.05) is 31.2 Å². The summed E-state index contributed by atoms with van der Waals surface area (Å²) in [5, 5.41) is 0. The Bertz CT molecular complexity index is 1250. The third-order valence-electron chi connectivity index (χ3n) is 7.30. The van der Waals surface area contributed by atoms with Crippen molar-refractivity contribution in [2.75, 3.05) is 16.3 Å². The van der Waals surface area contributed by atoms with Crippen molar-refractivity contribution >= 4 is 35.1 Å². The first-order chi connectivity index (χ1) is 16.7. The van der Waals surface area contributed by atoms with Gasteiger partial charge in [-0.25, -0.2) is 0 Å². The minimum absolute atomic E-state index is 0.0210. The lowest BCUT2D eigenvalue weighted by Crippen LogP contribution is -2.31. The van der Waals surface area contributed by atoms with Crippen LogP contribution in [0, 0.1) is 37.5 Å². The number of hydrogen-bond donors (Lipinski definition) is 0. The number of nitrogens with zero attached hydrogens (tertiary/aromatic N) is 2. The molecule has 2 aromatic carbocycles. The molecule has 3 aliphatic rings.